The predicted molar refractivity (Wildman–Crippen MR) is 106 cm³/mol. The first-order valence-corrected chi connectivity index (χ1v) is 9.38. The maximum atomic E-state index is 12.9. The van der Waals surface area contributed by atoms with Gasteiger partial charge in [-0.25, -0.2) is 4.79 Å². The summed E-state index contributed by atoms with van der Waals surface area (Å²) in [5.41, 5.74) is 2.85. The van der Waals surface area contributed by atoms with Gasteiger partial charge in [-0.2, -0.15) is 0 Å². The molecule has 0 bridgehead atoms. The van der Waals surface area contributed by atoms with E-state index in [9.17, 15) is 4.79 Å². The van der Waals surface area contributed by atoms with Gasteiger partial charge < -0.3 is 19.7 Å². The average molecular weight is 419 g/mol. The zero-order chi connectivity index (χ0) is 18.7. The Balaban J connectivity index is 1.84. The number of halogens is 1. The molecule has 0 radical (unpaired) electrons. The Hall–Kier alpha value is -2.21. The van der Waals surface area contributed by atoms with Crippen LogP contribution in [-0.4, -0.2) is 31.7 Å². The van der Waals surface area contributed by atoms with Gasteiger partial charge in [-0.1, -0.05) is 22.0 Å². The Morgan fingerprint density at radius 1 is 1.19 bits per heavy atom. The van der Waals surface area contributed by atoms with Gasteiger partial charge in [0.15, 0.2) is 0 Å². The zero-order valence-electron chi connectivity index (χ0n) is 15.2. The minimum atomic E-state index is -0.0911. The van der Waals surface area contributed by atoms with E-state index < -0.39 is 0 Å². The average Bonchev–Trinajstić information content (AvgIpc) is 3.13. The highest BCUT2D eigenvalue weighted by Gasteiger charge is 2.32. The molecule has 26 heavy (non-hydrogen) atoms. The summed E-state index contributed by atoms with van der Waals surface area (Å²) in [5, 5.41) is 3.04. The van der Waals surface area contributed by atoms with E-state index in [2.05, 4.69) is 21.2 Å². The lowest BCUT2D eigenvalue weighted by Gasteiger charge is -2.27. The summed E-state index contributed by atoms with van der Waals surface area (Å²) in [6.45, 7) is 2.70. The van der Waals surface area contributed by atoms with Gasteiger partial charge in [0.1, 0.15) is 11.5 Å². The van der Waals surface area contributed by atoms with Crippen LogP contribution in [0.25, 0.3) is 0 Å². The van der Waals surface area contributed by atoms with Crippen molar-refractivity contribution < 1.29 is 14.3 Å². The number of carbonyl (C=O) groups excluding carboxylic acids is 1. The second-order valence-corrected chi connectivity index (χ2v) is 7.26. The van der Waals surface area contributed by atoms with Crippen molar-refractivity contribution in [2.75, 3.05) is 26.1 Å². The van der Waals surface area contributed by atoms with Crippen LogP contribution in [0.4, 0.5) is 10.5 Å². The van der Waals surface area contributed by atoms with Crippen molar-refractivity contribution in [2.45, 2.75) is 25.8 Å². The lowest BCUT2D eigenvalue weighted by atomic mass is 10.0. The Labute approximate surface area is 162 Å². The van der Waals surface area contributed by atoms with Crippen LogP contribution >= 0.6 is 15.9 Å². The molecule has 6 heteroatoms. The molecule has 1 atom stereocenters. The van der Waals surface area contributed by atoms with Crippen molar-refractivity contribution in [2.24, 2.45) is 0 Å². The van der Waals surface area contributed by atoms with E-state index in [-0.39, 0.29) is 12.1 Å². The van der Waals surface area contributed by atoms with E-state index in [1.807, 2.05) is 48.2 Å². The quantitative estimate of drug-likeness (QED) is 0.747. The van der Waals surface area contributed by atoms with E-state index >= 15 is 0 Å². The fourth-order valence-electron chi connectivity index (χ4n) is 3.34. The number of benzene rings is 2. The number of nitrogens with zero attached hydrogens (tertiary/aromatic N) is 1. The van der Waals surface area contributed by atoms with Crippen LogP contribution in [0.1, 0.15) is 30.0 Å². The van der Waals surface area contributed by atoms with Gasteiger partial charge in [-0.15, -0.1) is 0 Å². The van der Waals surface area contributed by atoms with Crippen LogP contribution in [0.5, 0.6) is 11.5 Å². The lowest BCUT2D eigenvalue weighted by Crippen LogP contribution is -2.34. The van der Waals surface area contributed by atoms with Crippen LogP contribution in [0.3, 0.4) is 0 Å². The highest BCUT2D eigenvalue weighted by molar-refractivity contribution is 9.10. The molecule has 0 aromatic heterocycles. The van der Waals surface area contributed by atoms with Crippen molar-refractivity contribution in [3.05, 3.63) is 52.0 Å². The molecule has 1 heterocycles. The van der Waals surface area contributed by atoms with Crippen molar-refractivity contribution in [3.8, 4) is 11.5 Å². The number of likely N-dealkylation sites (tertiary alicyclic amines) is 1. The number of carbonyl (C=O) groups is 1. The molecule has 1 aliphatic heterocycles. The number of rotatable bonds is 4. The maximum Gasteiger partial charge on any atom is 0.322 e. The summed E-state index contributed by atoms with van der Waals surface area (Å²) < 4.78 is 11.7. The molecule has 1 saturated heterocycles. The third kappa shape index (κ3) is 3.80. The molecule has 0 aliphatic carbocycles. The van der Waals surface area contributed by atoms with Gasteiger partial charge in [-0.3, -0.25) is 0 Å². The van der Waals surface area contributed by atoms with Crippen LogP contribution in [0.15, 0.2) is 40.9 Å². The molecule has 1 fully saturated rings. The highest BCUT2D eigenvalue weighted by Crippen LogP contribution is 2.39. The monoisotopic (exact) mass is 418 g/mol. The summed E-state index contributed by atoms with van der Waals surface area (Å²) >= 11 is 3.46. The summed E-state index contributed by atoms with van der Waals surface area (Å²) in [4.78, 5) is 14.8. The van der Waals surface area contributed by atoms with E-state index in [4.69, 9.17) is 9.47 Å². The smallest absolute Gasteiger partial charge is 0.322 e. The van der Waals surface area contributed by atoms with Crippen molar-refractivity contribution >= 4 is 27.6 Å². The van der Waals surface area contributed by atoms with Crippen LogP contribution in [-0.2, 0) is 0 Å². The number of anilines is 1. The first-order valence-electron chi connectivity index (χ1n) is 8.59. The summed E-state index contributed by atoms with van der Waals surface area (Å²) in [6, 6.07) is 11.5. The second kappa shape index (κ2) is 7.99. The second-order valence-electron chi connectivity index (χ2n) is 6.35. The minimum absolute atomic E-state index is 0.0108. The Morgan fingerprint density at radius 3 is 2.73 bits per heavy atom. The topological polar surface area (TPSA) is 50.8 Å². The minimum Gasteiger partial charge on any atom is -0.497 e. The zero-order valence-corrected chi connectivity index (χ0v) is 16.8. The number of ether oxygens (including phenoxy) is 2. The largest absolute Gasteiger partial charge is 0.497 e. The number of amides is 2. The van der Waals surface area contributed by atoms with Gasteiger partial charge in [-0.05, 0) is 49.6 Å². The molecule has 0 saturated carbocycles. The predicted octanol–water partition coefficient (Wildman–Crippen LogP) is 5.14. The van der Waals surface area contributed by atoms with Crippen LogP contribution in [0, 0.1) is 6.92 Å². The molecule has 2 aromatic carbocycles. The van der Waals surface area contributed by atoms with Crippen LogP contribution in [0.2, 0.25) is 0 Å². The number of hydrogen-bond acceptors (Lipinski definition) is 3. The molecular formula is C20H23BrN2O3. The SMILES string of the molecule is COc1ccc(C2CCCN2C(=O)Nc2cc(Br)ccc2C)c(OC)c1. The number of hydrogen-bond donors (Lipinski definition) is 1. The molecule has 0 spiro atoms. The van der Waals surface area contributed by atoms with Gasteiger partial charge in [0.05, 0.1) is 20.3 Å². The normalized spacial score (nSPS) is 16.5. The summed E-state index contributed by atoms with van der Waals surface area (Å²) in [7, 11) is 3.27. The summed E-state index contributed by atoms with van der Waals surface area (Å²) in [6.07, 6.45) is 1.87. The standard InChI is InChI=1S/C20H23BrN2O3/c1-13-6-7-14(21)11-17(13)22-20(24)23-10-4-5-18(23)16-9-8-15(25-2)12-19(16)26-3/h6-9,11-12,18H,4-5,10H2,1-3H3,(H,22,24). The first kappa shape index (κ1) is 18.6. The molecular weight excluding hydrogens is 396 g/mol. The van der Waals surface area contributed by atoms with Gasteiger partial charge in [0, 0.05) is 28.3 Å². The van der Waals surface area contributed by atoms with E-state index in [0.29, 0.717) is 0 Å². The molecule has 1 N–H and O–H groups in total. The fraction of sp³-hybridized carbons (Fsp3) is 0.350. The lowest BCUT2D eigenvalue weighted by molar-refractivity contribution is 0.206. The number of urea groups is 1. The third-order valence-corrected chi connectivity index (χ3v) is 5.25. The molecule has 5 nitrogen and oxygen atoms in total. The van der Waals surface area contributed by atoms with Crippen LogP contribution < -0.4 is 14.8 Å². The Kier molecular flexibility index (Phi) is 5.71. The molecule has 138 valence electrons. The molecule has 1 aliphatic rings. The third-order valence-electron chi connectivity index (χ3n) is 4.75. The number of methoxy groups -OCH3 is 2. The highest BCUT2D eigenvalue weighted by atomic mass is 79.9. The van der Waals surface area contributed by atoms with Crippen molar-refractivity contribution in [3.63, 3.8) is 0 Å². The van der Waals surface area contributed by atoms with E-state index in [1.54, 1.807) is 14.2 Å². The van der Waals surface area contributed by atoms with Crippen molar-refractivity contribution in [1.82, 2.24) is 4.90 Å². The Bertz CT molecular complexity index is 810. The fourth-order valence-corrected chi connectivity index (χ4v) is 3.70. The Morgan fingerprint density at radius 2 is 2.00 bits per heavy atom. The van der Waals surface area contributed by atoms with E-state index in [0.717, 1.165) is 52.2 Å². The molecule has 2 aromatic rings. The van der Waals surface area contributed by atoms with Gasteiger partial charge in [0.25, 0.3) is 0 Å². The van der Waals surface area contributed by atoms with Gasteiger partial charge in [0.2, 0.25) is 0 Å². The van der Waals surface area contributed by atoms with Gasteiger partial charge >= 0.3 is 6.03 Å². The number of nitrogens with one attached hydrogen (secondary N) is 1. The summed E-state index contributed by atoms with van der Waals surface area (Å²) in [5.74, 6) is 1.48. The maximum absolute atomic E-state index is 12.9. The van der Waals surface area contributed by atoms with E-state index in [1.165, 1.54) is 0 Å². The molecule has 1 unspecified atom stereocenters. The molecule has 3 rings (SSSR count). The first-order chi connectivity index (χ1) is 12.5. The van der Waals surface area contributed by atoms with Crippen molar-refractivity contribution in [1.29, 1.82) is 0 Å². The number of aryl methyl sites for hydroxylation is 1. The molecule has 2 amide bonds.